The van der Waals surface area contributed by atoms with Crippen LogP contribution in [0.5, 0.6) is 0 Å². The van der Waals surface area contributed by atoms with Crippen LogP contribution in [0.15, 0.2) is 39.9 Å². The molecule has 1 saturated heterocycles. The fourth-order valence-corrected chi connectivity index (χ4v) is 5.80. The number of hydrogen-bond acceptors (Lipinski definition) is 4. The average Bonchev–Trinajstić information content (AvgIpc) is 3.21. The number of amides is 1. The molecule has 0 aliphatic carbocycles. The molecule has 1 aromatic heterocycles. The number of halogens is 1. The zero-order valence-corrected chi connectivity index (χ0v) is 15.4. The SMILES string of the molecule is Cc1cc(Cl)ccc1NC(=O)C1CCCN1S(=O)(=O)c1cccs1. The molecular weight excluding hydrogens is 368 g/mol. The third kappa shape index (κ3) is 3.35. The van der Waals surface area contributed by atoms with Gasteiger partial charge in [0.05, 0.1) is 0 Å². The molecule has 1 aromatic carbocycles. The molecule has 3 rings (SSSR count). The minimum Gasteiger partial charge on any atom is -0.324 e. The minimum atomic E-state index is -3.63. The van der Waals surface area contributed by atoms with Gasteiger partial charge in [-0.25, -0.2) is 8.42 Å². The minimum absolute atomic E-state index is 0.268. The Morgan fingerprint density at radius 3 is 2.83 bits per heavy atom. The third-order valence-corrected chi connectivity index (χ3v) is 7.53. The van der Waals surface area contributed by atoms with Gasteiger partial charge >= 0.3 is 0 Å². The summed E-state index contributed by atoms with van der Waals surface area (Å²) in [7, 11) is -3.63. The normalized spacial score (nSPS) is 18.7. The van der Waals surface area contributed by atoms with Gasteiger partial charge in [-0.1, -0.05) is 17.7 Å². The molecule has 1 atom stereocenters. The lowest BCUT2D eigenvalue weighted by atomic mass is 10.1. The van der Waals surface area contributed by atoms with E-state index in [1.165, 1.54) is 4.31 Å². The molecule has 1 aliphatic heterocycles. The molecule has 1 N–H and O–H groups in total. The van der Waals surface area contributed by atoms with Crippen molar-refractivity contribution >= 4 is 44.6 Å². The highest BCUT2D eigenvalue weighted by Gasteiger charge is 2.39. The fraction of sp³-hybridized carbons (Fsp3) is 0.312. The van der Waals surface area contributed by atoms with Gasteiger partial charge in [0, 0.05) is 17.3 Å². The summed E-state index contributed by atoms with van der Waals surface area (Å²) in [5, 5.41) is 5.13. The van der Waals surface area contributed by atoms with Crippen molar-refractivity contribution in [3.63, 3.8) is 0 Å². The Hall–Kier alpha value is -1.41. The van der Waals surface area contributed by atoms with Crippen LogP contribution >= 0.6 is 22.9 Å². The van der Waals surface area contributed by atoms with Gasteiger partial charge in [0.1, 0.15) is 10.3 Å². The van der Waals surface area contributed by atoms with Crippen molar-refractivity contribution in [2.24, 2.45) is 0 Å². The number of benzene rings is 1. The Bertz CT molecular complexity index is 850. The summed E-state index contributed by atoms with van der Waals surface area (Å²) in [4.78, 5) is 12.6. The highest BCUT2D eigenvalue weighted by molar-refractivity contribution is 7.91. The summed E-state index contributed by atoms with van der Waals surface area (Å²) in [6, 6.07) is 7.75. The first-order valence-corrected chi connectivity index (χ1v) is 10.2. The molecule has 0 bridgehead atoms. The van der Waals surface area contributed by atoms with Crippen molar-refractivity contribution < 1.29 is 13.2 Å². The Balaban J connectivity index is 1.81. The van der Waals surface area contributed by atoms with Crippen molar-refractivity contribution in [1.29, 1.82) is 0 Å². The fourth-order valence-electron chi connectivity index (χ4n) is 2.80. The predicted molar refractivity (Wildman–Crippen MR) is 96.1 cm³/mol. The van der Waals surface area contributed by atoms with E-state index in [9.17, 15) is 13.2 Å². The second-order valence-corrected chi connectivity index (χ2v) is 9.16. The first-order valence-electron chi connectivity index (χ1n) is 7.52. The number of anilines is 1. The van der Waals surface area contributed by atoms with Crippen LogP contribution < -0.4 is 5.32 Å². The van der Waals surface area contributed by atoms with Crippen LogP contribution in [0.1, 0.15) is 18.4 Å². The third-order valence-electron chi connectivity index (χ3n) is 4.01. The number of thiophene rings is 1. The quantitative estimate of drug-likeness (QED) is 0.877. The molecule has 0 spiro atoms. The molecule has 128 valence electrons. The van der Waals surface area contributed by atoms with E-state index in [-0.39, 0.29) is 10.1 Å². The number of carbonyl (C=O) groups is 1. The van der Waals surface area contributed by atoms with Gasteiger partial charge in [0.2, 0.25) is 5.91 Å². The van der Waals surface area contributed by atoms with Crippen molar-refractivity contribution in [3.05, 3.63) is 46.3 Å². The van der Waals surface area contributed by atoms with E-state index in [1.807, 2.05) is 6.92 Å². The lowest BCUT2D eigenvalue weighted by Gasteiger charge is -2.23. The largest absolute Gasteiger partial charge is 0.324 e. The van der Waals surface area contributed by atoms with Gasteiger partial charge in [0.15, 0.2) is 0 Å². The Morgan fingerprint density at radius 1 is 1.38 bits per heavy atom. The molecule has 24 heavy (non-hydrogen) atoms. The van der Waals surface area contributed by atoms with Crippen LogP contribution in [0.4, 0.5) is 5.69 Å². The van der Waals surface area contributed by atoms with Crippen LogP contribution in [0.3, 0.4) is 0 Å². The smallest absolute Gasteiger partial charge is 0.253 e. The highest BCUT2D eigenvalue weighted by Crippen LogP contribution is 2.29. The van der Waals surface area contributed by atoms with Gasteiger partial charge in [-0.05, 0) is 55.0 Å². The molecule has 5 nitrogen and oxygen atoms in total. The first kappa shape index (κ1) is 17.4. The molecule has 0 saturated carbocycles. The number of carbonyl (C=O) groups excluding carboxylic acids is 1. The van der Waals surface area contributed by atoms with Gasteiger partial charge in [-0.2, -0.15) is 4.31 Å². The number of sulfonamides is 1. The lowest BCUT2D eigenvalue weighted by Crippen LogP contribution is -2.42. The number of hydrogen-bond donors (Lipinski definition) is 1. The highest BCUT2D eigenvalue weighted by atomic mass is 35.5. The van der Waals surface area contributed by atoms with Crippen molar-refractivity contribution in [2.75, 3.05) is 11.9 Å². The zero-order chi connectivity index (χ0) is 17.3. The molecular formula is C16H17ClN2O3S2. The molecule has 1 aliphatic rings. The van der Waals surface area contributed by atoms with Crippen LogP contribution in [-0.4, -0.2) is 31.2 Å². The van der Waals surface area contributed by atoms with E-state index in [0.717, 1.165) is 16.9 Å². The number of aryl methyl sites for hydroxylation is 1. The Labute approximate surface area is 150 Å². The van der Waals surface area contributed by atoms with Gasteiger partial charge in [0.25, 0.3) is 10.0 Å². The molecule has 1 unspecified atom stereocenters. The Kier molecular flexibility index (Phi) is 4.96. The van der Waals surface area contributed by atoms with E-state index in [4.69, 9.17) is 11.6 Å². The maximum Gasteiger partial charge on any atom is 0.253 e. The monoisotopic (exact) mass is 384 g/mol. The van der Waals surface area contributed by atoms with Crippen LogP contribution in [0.25, 0.3) is 0 Å². The first-order chi connectivity index (χ1) is 11.4. The van der Waals surface area contributed by atoms with Gasteiger partial charge in [-0.3, -0.25) is 4.79 Å². The van der Waals surface area contributed by atoms with E-state index < -0.39 is 16.1 Å². The van der Waals surface area contributed by atoms with E-state index in [0.29, 0.717) is 30.1 Å². The second kappa shape index (κ2) is 6.84. The zero-order valence-electron chi connectivity index (χ0n) is 13.0. The maximum atomic E-state index is 12.7. The van der Waals surface area contributed by atoms with Gasteiger partial charge < -0.3 is 5.32 Å². The van der Waals surface area contributed by atoms with Crippen molar-refractivity contribution in [1.82, 2.24) is 4.31 Å². The standard InChI is InChI=1S/C16H17ClN2O3S2/c1-11-10-12(17)6-7-13(11)18-16(20)14-4-2-8-19(14)24(21,22)15-5-3-9-23-15/h3,5-7,9-10,14H,2,4,8H2,1H3,(H,18,20). The second-order valence-electron chi connectivity index (χ2n) is 5.65. The molecule has 1 amide bonds. The topological polar surface area (TPSA) is 66.5 Å². The average molecular weight is 385 g/mol. The summed E-state index contributed by atoms with van der Waals surface area (Å²) in [5.74, 6) is -0.307. The number of rotatable bonds is 4. The summed E-state index contributed by atoms with van der Waals surface area (Å²) in [5.41, 5.74) is 1.48. The van der Waals surface area contributed by atoms with Crippen molar-refractivity contribution in [3.8, 4) is 0 Å². The summed E-state index contributed by atoms with van der Waals surface area (Å²) in [6.07, 6.45) is 1.19. The Morgan fingerprint density at radius 2 is 2.17 bits per heavy atom. The molecule has 1 fully saturated rings. The molecule has 2 heterocycles. The van der Waals surface area contributed by atoms with Crippen LogP contribution in [-0.2, 0) is 14.8 Å². The van der Waals surface area contributed by atoms with E-state index >= 15 is 0 Å². The summed E-state index contributed by atoms with van der Waals surface area (Å²) >= 11 is 7.08. The number of nitrogens with zero attached hydrogens (tertiary/aromatic N) is 1. The maximum absolute atomic E-state index is 12.7. The van der Waals surface area contributed by atoms with Crippen molar-refractivity contribution in [2.45, 2.75) is 30.0 Å². The lowest BCUT2D eigenvalue weighted by molar-refractivity contribution is -0.119. The van der Waals surface area contributed by atoms with Gasteiger partial charge in [-0.15, -0.1) is 11.3 Å². The molecule has 2 aromatic rings. The van der Waals surface area contributed by atoms with E-state index in [1.54, 1.807) is 35.7 Å². The van der Waals surface area contributed by atoms with Crippen LogP contribution in [0, 0.1) is 6.92 Å². The summed E-state index contributed by atoms with van der Waals surface area (Å²) < 4.78 is 27.0. The molecule has 0 radical (unpaired) electrons. The van der Waals surface area contributed by atoms with E-state index in [2.05, 4.69) is 5.32 Å². The molecule has 8 heteroatoms. The summed E-state index contributed by atoms with van der Waals surface area (Å²) in [6.45, 7) is 2.20. The van der Waals surface area contributed by atoms with Crippen LogP contribution in [0.2, 0.25) is 5.02 Å². The predicted octanol–water partition coefficient (Wildman–Crippen LogP) is 3.50. The number of nitrogens with one attached hydrogen (secondary N) is 1.